The Bertz CT molecular complexity index is 404. The SMILES string of the molecule is N#CC(CC(=O)NC1CC1)c1ccccc1. The summed E-state index contributed by atoms with van der Waals surface area (Å²) in [4.78, 5) is 11.6. The topological polar surface area (TPSA) is 52.9 Å². The Morgan fingerprint density at radius 1 is 1.44 bits per heavy atom. The standard InChI is InChI=1S/C13H14N2O/c14-9-11(10-4-2-1-3-5-10)8-13(16)15-12-6-7-12/h1-5,11-12H,6-8H2,(H,15,16). The molecule has 82 valence electrons. The summed E-state index contributed by atoms with van der Waals surface area (Å²) in [5.74, 6) is -0.349. The highest BCUT2D eigenvalue weighted by Crippen LogP contribution is 2.21. The van der Waals surface area contributed by atoms with Crippen LogP contribution in [0.5, 0.6) is 0 Å². The van der Waals surface area contributed by atoms with Crippen molar-refractivity contribution in [3.8, 4) is 6.07 Å². The number of carbonyl (C=O) groups excluding carboxylic acids is 1. The van der Waals surface area contributed by atoms with Crippen LogP contribution < -0.4 is 5.32 Å². The van der Waals surface area contributed by atoms with Gasteiger partial charge in [0.25, 0.3) is 0 Å². The average molecular weight is 214 g/mol. The van der Waals surface area contributed by atoms with Crippen molar-refractivity contribution < 1.29 is 4.79 Å². The number of amides is 1. The molecule has 1 unspecified atom stereocenters. The van der Waals surface area contributed by atoms with Crippen molar-refractivity contribution in [1.29, 1.82) is 5.26 Å². The smallest absolute Gasteiger partial charge is 0.221 e. The van der Waals surface area contributed by atoms with Crippen molar-refractivity contribution in [3.63, 3.8) is 0 Å². The fraction of sp³-hybridized carbons (Fsp3) is 0.385. The quantitative estimate of drug-likeness (QED) is 0.833. The molecule has 0 bridgehead atoms. The van der Waals surface area contributed by atoms with Crippen LogP contribution in [0, 0.1) is 11.3 Å². The maximum atomic E-state index is 11.6. The molecule has 1 saturated carbocycles. The summed E-state index contributed by atoms with van der Waals surface area (Å²) in [6.45, 7) is 0. The summed E-state index contributed by atoms with van der Waals surface area (Å²) in [7, 11) is 0. The first-order valence-corrected chi connectivity index (χ1v) is 5.53. The second-order valence-corrected chi connectivity index (χ2v) is 4.14. The molecule has 1 amide bonds. The van der Waals surface area contributed by atoms with E-state index in [4.69, 9.17) is 5.26 Å². The molecule has 3 nitrogen and oxygen atoms in total. The van der Waals surface area contributed by atoms with Gasteiger partial charge in [-0.1, -0.05) is 30.3 Å². The van der Waals surface area contributed by atoms with Crippen LogP contribution in [-0.2, 0) is 4.79 Å². The van der Waals surface area contributed by atoms with Crippen LogP contribution in [0.15, 0.2) is 30.3 Å². The van der Waals surface area contributed by atoms with Gasteiger partial charge in [0, 0.05) is 12.5 Å². The summed E-state index contributed by atoms with van der Waals surface area (Å²) < 4.78 is 0. The maximum Gasteiger partial charge on any atom is 0.221 e. The van der Waals surface area contributed by atoms with Crippen LogP contribution in [-0.4, -0.2) is 11.9 Å². The predicted molar refractivity (Wildman–Crippen MR) is 60.6 cm³/mol. The molecule has 0 spiro atoms. The first-order valence-electron chi connectivity index (χ1n) is 5.53. The largest absolute Gasteiger partial charge is 0.353 e. The molecule has 1 fully saturated rings. The zero-order chi connectivity index (χ0) is 11.4. The van der Waals surface area contributed by atoms with Gasteiger partial charge in [-0.3, -0.25) is 4.79 Å². The van der Waals surface area contributed by atoms with Gasteiger partial charge in [0.1, 0.15) is 0 Å². The van der Waals surface area contributed by atoms with Gasteiger partial charge in [-0.15, -0.1) is 0 Å². The van der Waals surface area contributed by atoms with Crippen LogP contribution in [0.3, 0.4) is 0 Å². The highest BCUT2D eigenvalue weighted by Gasteiger charge is 2.24. The Morgan fingerprint density at radius 3 is 2.69 bits per heavy atom. The lowest BCUT2D eigenvalue weighted by Gasteiger charge is -2.09. The summed E-state index contributed by atoms with van der Waals surface area (Å²) in [6, 6.07) is 12.0. The molecule has 3 heteroatoms. The van der Waals surface area contributed by atoms with Gasteiger partial charge in [0.2, 0.25) is 5.91 Å². The molecule has 1 aliphatic carbocycles. The number of hydrogen-bond donors (Lipinski definition) is 1. The van der Waals surface area contributed by atoms with E-state index < -0.39 is 0 Å². The van der Waals surface area contributed by atoms with Gasteiger partial charge >= 0.3 is 0 Å². The molecular formula is C13H14N2O. The van der Waals surface area contributed by atoms with Crippen molar-refractivity contribution in [3.05, 3.63) is 35.9 Å². The number of rotatable bonds is 4. The molecular weight excluding hydrogens is 200 g/mol. The van der Waals surface area contributed by atoms with E-state index in [1.807, 2.05) is 30.3 Å². The minimum atomic E-state index is -0.333. The summed E-state index contributed by atoms with van der Waals surface area (Å²) in [5, 5.41) is 11.9. The zero-order valence-electron chi connectivity index (χ0n) is 9.02. The fourth-order valence-corrected chi connectivity index (χ4v) is 1.62. The Morgan fingerprint density at radius 2 is 2.12 bits per heavy atom. The average Bonchev–Trinajstić information content (AvgIpc) is 3.11. The Balaban J connectivity index is 1.95. The molecule has 0 aliphatic heterocycles. The van der Waals surface area contributed by atoms with Crippen LogP contribution in [0.2, 0.25) is 0 Å². The van der Waals surface area contributed by atoms with E-state index in [1.165, 1.54) is 0 Å². The van der Waals surface area contributed by atoms with Crippen molar-refractivity contribution in [2.24, 2.45) is 0 Å². The third-order valence-electron chi connectivity index (χ3n) is 2.69. The normalized spacial score (nSPS) is 16.2. The fourth-order valence-electron chi connectivity index (χ4n) is 1.62. The maximum absolute atomic E-state index is 11.6. The van der Waals surface area contributed by atoms with Crippen LogP contribution >= 0.6 is 0 Å². The minimum Gasteiger partial charge on any atom is -0.353 e. The van der Waals surface area contributed by atoms with Crippen LogP contribution in [0.25, 0.3) is 0 Å². The number of carbonyl (C=O) groups is 1. The molecule has 1 N–H and O–H groups in total. The molecule has 1 aromatic carbocycles. The van der Waals surface area contributed by atoms with Gasteiger partial charge in [0.05, 0.1) is 12.0 Å². The summed E-state index contributed by atoms with van der Waals surface area (Å²) >= 11 is 0. The second kappa shape index (κ2) is 4.80. The lowest BCUT2D eigenvalue weighted by Crippen LogP contribution is -2.26. The van der Waals surface area contributed by atoms with Crippen molar-refractivity contribution in [2.45, 2.75) is 31.2 Å². The van der Waals surface area contributed by atoms with Crippen molar-refractivity contribution >= 4 is 5.91 Å². The van der Waals surface area contributed by atoms with E-state index >= 15 is 0 Å². The third-order valence-corrected chi connectivity index (χ3v) is 2.69. The van der Waals surface area contributed by atoms with Gasteiger partial charge in [-0.25, -0.2) is 0 Å². The van der Waals surface area contributed by atoms with Crippen molar-refractivity contribution in [2.75, 3.05) is 0 Å². The number of nitriles is 1. The Hall–Kier alpha value is -1.82. The van der Waals surface area contributed by atoms with Gasteiger partial charge in [-0.05, 0) is 18.4 Å². The highest BCUT2D eigenvalue weighted by molar-refractivity contribution is 5.78. The number of hydrogen-bond acceptors (Lipinski definition) is 2. The molecule has 1 atom stereocenters. The van der Waals surface area contributed by atoms with Crippen LogP contribution in [0.4, 0.5) is 0 Å². The molecule has 1 aromatic rings. The van der Waals surface area contributed by atoms with E-state index in [-0.39, 0.29) is 18.2 Å². The minimum absolute atomic E-state index is 0.0158. The van der Waals surface area contributed by atoms with Crippen LogP contribution in [0.1, 0.15) is 30.7 Å². The van der Waals surface area contributed by atoms with E-state index in [1.54, 1.807) is 0 Å². The lowest BCUT2D eigenvalue weighted by molar-refractivity contribution is -0.121. The van der Waals surface area contributed by atoms with Crippen molar-refractivity contribution in [1.82, 2.24) is 5.32 Å². The zero-order valence-corrected chi connectivity index (χ0v) is 9.02. The van der Waals surface area contributed by atoms with E-state index in [2.05, 4.69) is 11.4 Å². The van der Waals surface area contributed by atoms with Gasteiger partial charge in [0.15, 0.2) is 0 Å². The summed E-state index contributed by atoms with van der Waals surface area (Å²) in [5.41, 5.74) is 0.913. The first kappa shape index (κ1) is 10.7. The Labute approximate surface area is 95.1 Å². The number of nitrogens with one attached hydrogen (secondary N) is 1. The van der Waals surface area contributed by atoms with Gasteiger partial charge < -0.3 is 5.32 Å². The van der Waals surface area contributed by atoms with Gasteiger partial charge in [-0.2, -0.15) is 5.26 Å². The van der Waals surface area contributed by atoms with E-state index in [0.29, 0.717) is 6.04 Å². The molecule has 0 aromatic heterocycles. The highest BCUT2D eigenvalue weighted by atomic mass is 16.1. The monoisotopic (exact) mass is 214 g/mol. The second-order valence-electron chi connectivity index (χ2n) is 4.14. The molecule has 0 heterocycles. The molecule has 0 radical (unpaired) electrons. The summed E-state index contributed by atoms with van der Waals surface area (Å²) in [6.07, 6.45) is 2.42. The molecule has 1 aliphatic rings. The van der Waals surface area contributed by atoms with E-state index in [0.717, 1.165) is 18.4 Å². The number of benzene rings is 1. The first-order chi connectivity index (χ1) is 7.79. The predicted octanol–water partition coefficient (Wildman–Crippen LogP) is 1.96. The molecule has 16 heavy (non-hydrogen) atoms. The lowest BCUT2D eigenvalue weighted by atomic mass is 9.97. The van der Waals surface area contributed by atoms with E-state index in [9.17, 15) is 4.79 Å². The molecule has 0 saturated heterocycles. The molecule has 2 rings (SSSR count). The number of nitrogens with zero attached hydrogens (tertiary/aromatic N) is 1. The Kier molecular flexibility index (Phi) is 3.21. The third kappa shape index (κ3) is 2.83.